The zero-order valence-electron chi connectivity index (χ0n) is 19.0. The van der Waals surface area contributed by atoms with Crippen molar-refractivity contribution >= 4 is 35.5 Å². The zero-order chi connectivity index (χ0) is 24.4. The van der Waals surface area contributed by atoms with Crippen molar-refractivity contribution in [1.29, 1.82) is 0 Å². The number of aliphatic imine (C=N–C) groups is 1. The Hall–Kier alpha value is -3.84. The number of carbonyl (C=O) groups excluding carboxylic acids is 2. The predicted octanol–water partition coefficient (Wildman–Crippen LogP) is 5.21. The molecule has 3 aromatic rings. The van der Waals surface area contributed by atoms with E-state index in [1.54, 1.807) is 36.4 Å². The van der Waals surface area contributed by atoms with Gasteiger partial charge in [0.25, 0.3) is 5.91 Å². The number of benzene rings is 2. The number of hydrogen-bond acceptors (Lipinski definition) is 6. The lowest BCUT2D eigenvalue weighted by molar-refractivity contribution is -0.123. The van der Waals surface area contributed by atoms with Gasteiger partial charge in [0, 0.05) is 16.7 Å². The number of amides is 1. The molecule has 1 aliphatic rings. The molecular weight excluding hydrogens is 454 g/mol. The van der Waals surface area contributed by atoms with Crippen molar-refractivity contribution in [2.45, 2.75) is 26.3 Å². The molecule has 174 valence electrons. The molecule has 1 amide bonds. The number of rotatable bonds is 6. The van der Waals surface area contributed by atoms with E-state index < -0.39 is 5.97 Å². The lowest BCUT2D eigenvalue weighted by Gasteiger charge is -2.15. The molecule has 0 radical (unpaired) electrons. The van der Waals surface area contributed by atoms with Crippen molar-refractivity contribution in [2.24, 2.45) is 10.7 Å². The highest BCUT2D eigenvalue weighted by Crippen LogP contribution is 2.31. The van der Waals surface area contributed by atoms with Crippen LogP contribution >= 0.6 is 11.6 Å². The molecule has 4 rings (SSSR count). The van der Waals surface area contributed by atoms with Gasteiger partial charge >= 0.3 is 5.97 Å². The van der Waals surface area contributed by atoms with Crippen LogP contribution in [0.3, 0.4) is 0 Å². The SMILES string of the molecule is COC(=O)c1ccc(CN2C(=O)C(=Cc3ccc(-c4ccc(C(C)C)c(Cl)c4)o3)N=C2N)cc1. The summed E-state index contributed by atoms with van der Waals surface area (Å²) in [6.45, 7) is 4.39. The largest absolute Gasteiger partial charge is 0.465 e. The molecule has 0 atom stereocenters. The molecule has 0 fully saturated rings. The summed E-state index contributed by atoms with van der Waals surface area (Å²) in [6, 6.07) is 16.2. The van der Waals surface area contributed by atoms with Crippen LogP contribution in [-0.4, -0.2) is 29.8 Å². The van der Waals surface area contributed by atoms with E-state index >= 15 is 0 Å². The fourth-order valence-electron chi connectivity index (χ4n) is 3.64. The summed E-state index contributed by atoms with van der Waals surface area (Å²) < 4.78 is 10.6. The van der Waals surface area contributed by atoms with Crippen molar-refractivity contribution in [1.82, 2.24) is 4.90 Å². The van der Waals surface area contributed by atoms with Crippen LogP contribution in [-0.2, 0) is 16.1 Å². The van der Waals surface area contributed by atoms with Crippen molar-refractivity contribution in [3.05, 3.63) is 87.8 Å². The Morgan fingerprint density at radius 1 is 1.18 bits per heavy atom. The third-order valence-corrected chi connectivity index (χ3v) is 5.83. The third-order valence-electron chi connectivity index (χ3n) is 5.50. The molecule has 0 spiro atoms. The van der Waals surface area contributed by atoms with E-state index in [-0.39, 0.29) is 24.1 Å². The molecule has 0 saturated heterocycles. The smallest absolute Gasteiger partial charge is 0.337 e. The second-order valence-electron chi connectivity index (χ2n) is 8.17. The van der Waals surface area contributed by atoms with Gasteiger partial charge in [-0.25, -0.2) is 9.79 Å². The number of hydrogen-bond donors (Lipinski definition) is 1. The molecule has 7 nitrogen and oxygen atoms in total. The highest BCUT2D eigenvalue weighted by molar-refractivity contribution is 6.31. The monoisotopic (exact) mass is 477 g/mol. The maximum Gasteiger partial charge on any atom is 0.337 e. The maximum absolute atomic E-state index is 12.9. The number of nitrogens with two attached hydrogens (primary N) is 1. The number of halogens is 1. The second kappa shape index (κ2) is 9.57. The Balaban J connectivity index is 1.50. The molecule has 8 heteroatoms. The van der Waals surface area contributed by atoms with Crippen molar-refractivity contribution in [3.63, 3.8) is 0 Å². The maximum atomic E-state index is 12.9. The number of esters is 1. The molecule has 1 aliphatic heterocycles. The first kappa shape index (κ1) is 23.3. The fourth-order valence-corrected chi connectivity index (χ4v) is 4.04. The number of methoxy groups -OCH3 is 1. The van der Waals surface area contributed by atoms with Gasteiger partial charge in [0.15, 0.2) is 0 Å². The van der Waals surface area contributed by atoms with Crippen LogP contribution in [0.2, 0.25) is 5.02 Å². The van der Waals surface area contributed by atoms with E-state index in [2.05, 4.69) is 18.8 Å². The van der Waals surface area contributed by atoms with Crippen LogP contribution in [0.25, 0.3) is 17.4 Å². The van der Waals surface area contributed by atoms with E-state index in [4.69, 9.17) is 26.5 Å². The van der Waals surface area contributed by atoms with Gasteiger partial charge in [0.2, 0.25) is 5.96 Å². The molecule has 2 heterocycles. The third kappa shape index (κ3) is 4.75. The molecule has 0 unspecified atom stereocenters. The summed E-state index contributed by atoms with van der Waals surface area (Å²) >= 11 is 6.41. The molecule has 0 bridgehead atoms. The van der Waals surface area contributed by atoms with Crippen LogP contribution in [0.15, 0.2) is 69.7 Å². The van der Waals surface area contributed by atoms with Crippen molar-refractivity contribution in [2.75, 3.05) is 7.11 Å². The lowest BCUT2D eigenvalue weighted by Crippen LogP contribution is -2.36. The first-order chi connectivity index (χ1) is 16.3. The summed E-state index contributed by atoms with van der Waals surface area (Å²) in [5.74, 6) is 0.764. The van der Waals surface area contributed by atoms with Gasteiger partial charge < -0.3 is 14.9 Å². The number of nitrogens with zero attached hydrogens (tertiary/aromatic N) is 2. The number of guanidine groups is 1. The second-order valence-corrected chi connectivity index (χ2v) is 8.58. The Labute approximate surface area is 202 Å². The Kier molecular flexibility index (Phi) is 6.56. The zero-order valence-corrected chi connectivity index (χ0v) is 19.8. The minimum Gasteiger partial charge on any atom is -0.465 e. The van der Waals surface area contributed by atoms with E-state index in [0.29, 0.717) is 28.0 Å². The Morgan fingerprint density at radius 2 is 1.91 bits per heavy atom. The molecule has 2 aromatic carbocycles. The number of carbonyl (C=O) groups is 2. The van der Waals surface area contributed by atoms with E-state index in [0.717, 1.165) is 16.7 Å². The molecule has 2 N–H and O–H groups in total. The molecular formula is C26H24ClN3O4. The lowest BCUT2D eigenvalue weighted by atomic mass is 10.0. The van der Waals surface area contributed by atoms with Gasteiger partial charge in [-0.05, 0) is 47.4 Å². The topological polar surface area (TPSA) is 98.1 Å². The minimum atomic E-state index is -0.425. The van der Waals surface area contributed by atoms with Gasteiger partial charge in [-0.1, -0.05) is 49.7 Å². The highest BCUT2D eigenvalue weighted by Gasteiger charge is 2.29. The molecule has 0 saturated carbocycles. The van der Waals surface area contributed by atoms with Crippen molar-refractivity contribution < 1.29 is 18.7 Å². The first-order valence-corrected chi connectivity index (χ1v) is 11.1. The average Bonchev–Trinajstić information content (AvgIpc) is 3.39. The molecule has 34 heavy (non-hydrogen) atoms. The number of ether oxygens (including phenoxy) is 1. The highest BCUT2D eigenvalue weighted by atomic mass is 35.5. The quantitative estimate of drug-likeness (QED) is 0.388. The van der Waals surface area contributed by atoms with E-state index in [1.165, 1.54) is 12.0 Å². The summed E-state index contributed by atoms with van der Waals surface area (Å²) in [4.78, 5) is 30.1. The van der Waals surface area contributed by atoms with Crippen LogP contribution in [0.5, 0.6) is 0 Å². The normalized spacial score (nSPS) is 14.7. The van der Waals surface area contributed by atoms with Crippen molar-refractivity contribution in [3.8, 4) is 11.3 Å². The predicted molar refractivity (Wildman–Crippen MR) is 131 cm³/mol. The van der Waals surface area contributed by atoms with E-state index in [9.17, 15) is 9.59 Å². The summed E-state index contributed by atoms with van der Waals surface area (Å²) in [5, 5.41) is 0.683. The molecule has 1 aromatic heterocycles. The number of furan rings is 1. The van der Waals surface area contributed by atoms with Gasteiger partial charge in [0.1, 0.15) is 17.2 Å². The minimum absolute atomic E-state index is 0.0936. The van der Waals surface area contributed by atoms with Gasteiger partial charge in [-0.3, -0.25) is 9.69 Å². The summed E-state index contributed by atoms with van der Waals surface area (Å²) in [5.41, 5.74) is 9.32. The standard InChI is InChI=1S/C26H24ClN3O4/c1-15(2)20-10-8-18(12-21(20)27)23-11-9-19(34-23)13-22-24(31)30(26(28)29-22)14-16-4-6-17(7-5-16)25(32)33-3/h4-13,15H,14H2,1-3H3,(H2,28,29). The Bertz CT molecular complexity index is 1310. The summed E-state index contributed by atoms with van der Waals surface area (Å²) in [6.07, 6.45) is 1.56. The molecule has 0 aliphatic carbocycles. The average molecular weight is 478 g/mol. The van der Waals surface area contributed by atoms with Crippen LogP contribution in [0.1, 0.15) is 47.0 Å². The summed E-state index contributed by atoms with van der Waals surface area (Å²) in [7, 11) is 1.32. The van der Waals surface area contributed by atoms with Crippen LogP contribution in [0, 0.1) is 0 Å². The Morgan fingerprint density at radius 3 is 2.56 bits per heavy atom. The van der Waals surface area contributed by atoms with Crippen LogP contribution < -0.4 is 5.73 Å². The van der Waals surface area contributed by atoms with E-state index in [1.807, 2.05) is 24.3 Å². The van der Waals surface area contributed by atoms with Crippen LogP contribution in [0.4, 0.5) is 0 Å². The fraction of sp³-hybridized carbons (Fsp3) is 0.192. The van der Waals surface area contributed by atoms with Gasteiger partial charge in [0.05, 0.1) is 19.2 Å². The van der Waals surface area contributed by atoms with Gasteiger partial charge in [-0.2, -0.15) is 0 Å². The van der Waals surface area contributed by atoms with Gasteiger partial charge in [-0.15, -0.1) is 0 Å². The first-order valence-electron chi connectivity index (χ1n) is 10.7.